The number of carbonyl (C=O) groups excluding carboxylic acids is 2. The third-order valence-corrected chi connectivity index (χ3v) is 3.94. The molecule has 0 heterocycles. The number of nitro groups is 1. The van der Waals surface area contributed by atoms with Gasteiger partial charge in [0, 0.05) is 12.1 Å². The van der Waals surface area contributed by atoms with Crippen molar-refractivity contribution in [1.82, 2.24) is 5.32 Å². The highest BCUT2D eigenvalue weighted by atomic mass is 35.5. The van der Waals surface area contributed by atoms with Crippen LogP contribution in [0, 0.1) is 21.4 Å². The van der Waals surface area contributed by atoms with E-state index in [9.17, 15) is 19.7 Å². The first-order chi connectivity index (χ1) is 14.7. The van der Waals surface area contributed by atoms with Gasteiger partial charge in [-0.3, -0.25) is 25.7 Å². The zero-order valence-electron chi connectivity index (χ0n) is 15.7. The van der Waals surface area contributed by atoms with E-state index in [-0.39, 0.29) is 39.5 Å². The van der Waals surface area contributed by atoms with Gasteiger partial charge in [-0.25, -0.2) is 4.79 Å². The Kier molecular flexibility index (Phi) is 8.13. The summed E-state index contributed by atoms with van der Waals surface area (Å²) in [5, 5.41) is 25.3. The van der Waals surface area contributed by atoms with Gasteiger partial charge in [0.2, 0.25) is 5.71 Å². The van der Waals surface area contributed by atoms with Crippen LogP contribution in [0.25, 0.3) is 0 Å². The molecule has 2 aromatic carbocycles. The van der Waals surface area contributed by atoms with Gasteiger partial charge < -0.3 is 9.47 Å². The number of halogens is 2. The van der Waals surface area contributed by atoms with Crippen molar-refractivity contribution >= 4 is 52.3 Å². The number of hydrogen-bond acceptors (Lipinski definition) is 9. The predicted octanol–water partition coefficient (Wildman–Crippen LogP) is 4.26. The lowest BCUT2D eigenvalue weighted by molar-refractivity contribution is -0.384. The Bertz CT molecular complexity index is 1060. The third-order valence-electron chi connectivity index (χ3n) is 3.37. The number of hydrogen-bond donors (Lipinski definition) is 2. The summed E-state index contributed by atoms with van der Waals surface area (Å²) in [6, 6.07) is 9.52. The predicted molar refractivity (Wildman–Crippen MR) is 111 cm³/mol. The molecule has 0 aromatic heterocycles. The molecule has 11 nitrogen and oxygen atoms in total. The number of hydrazone groups is 1. The molecule has 31 heavy (non-hydrogen) atoms. The molecule has 2 rings (SSSR count). The van der Waals surface area contributed by atoms with E-state index in [4.69, 9.17) is 33.2 Å². The molecule has 0 aliphatic heterocycles. The molecule has 2 N–H and O–H groups in total. The van der Waals surface area contributed by atoms with Gasteiger partial charge >= 0.3 is 6.09 Å². The van der Waals surface area contributed by atoms with Crippen LogP contribution in [0.15, 0.2) is 41.5 Å². The molecule has 2 aromatic rings. The van der Waals surface area contributed by atoms with Crippen molar-refractivity contribution < 1.29 is 24.0 Å². The highest BCUT2D eigenvalue weighted by Crippen LogP contribution is 2.39. The van der Waals surface area contributed by atoms with Crippen molar-refractivity contribution in [3.05, 3.63) is 56.6 Å². The fraction of sp³-hybridized carbons (Fsp3) is 0.111. The number of anilines is 1. The number of alkyl carbamates (subject to hydrolysis) is 1. The smallest absolute Gasteiger partial charge is 0.414 e. The first kappa shape index (κ1) is 23.4. The number of ether oxygens (including phenoxy) is 2. The Morgan fingerprint density at radius 3 is 2.35 bits per heavy atom. The number of benzene rings is 2. The standard InChI is InChI=1S/C18H13Cl2N5O6/c1-2-30-18(27)22-17(26)15(9-21)24-23-10-7-13(19)16(14(20)8-10)31-12-5-3-11(4-6-12)25(28)29/h3-8,23H,2H2,1H3,(H,22,26,27)/b24-15+. The van der Waals surface area contributed by atoms with Gasteiger partial charge in [0.1, 0.15) is 11.8 Å². The molecular formula is C18H13Cl2N5O6. The average molecular weight is 466 g/mol. The van der Waals surface area contributed by atoms with Crippen molar-refractivity contribution in [2.45, 2.75) is 6.92 Å². The molecule has 0 atom stereocenters. The van der Waals surface area contributed by atoms with Gasteiger partial charge in [0.05, 0.1) is 27.3 Å². The largest absolute Gasteiger partial charge is 0.454 e. The van der Waals surface area contributed by atoms with Crippen molar-refractivity contribution in [2.75, 3.05) is 12.0 Å². The Hall–Kier alpha value is -3.88. The fourth-order valence-electron chi connectivity index (χ4n) is 2.04. The SMILES string of the molecule is CCOC(=O)NC(=O)/C(C#N)=N/Nc1cc(Cl)c(Oc2ccc([N+](=O)[O-])cc2)c(Cl)c1. The van der Waals surface area contributed by atoms with Gasteiger partial charge in [0.15, 0.2) is 5.75 Å². The number of nitro benzene ring substituents is 1. The molecule has 0 saturated heterocycles. The molecule has 0 spiro atoms. The van der Waals surface area contributed by atoms with Crippen LogP contribution < -0.4 is 15.5 Å². The van der Waals surface area contributed by atoms with Crippen LogP contribution >= 0.6 is 23.2 Å². The van der Waals surface area contributed by atoms with E-state index in [0.717, 1.165) is 0 Å². The van der Waals surface area contributed by atoms with Gasteiger partial charge in [-0.2, -0.15) is 10.4 Å². The minimum atomic E-state index is -1.07. The minimum Gasteiger partial charge on any atom is -0.454 e. The molecule has 0 aliphatic carbocycles. The van der Waals surface area contributed by atoms with Crippen molar-refractivity contribution in [3.8, 4) is 17.6 Å². The topological polar surface area (TPSA) is 156 Å². The van der Waals surface area contributed by atoms with E-state index in [2.05, 4.69) is 15.3 Å². The second-order valence-corrected chi connectivity index (χ2v) is 6.30. The Labute approximate surface area is 185 Å². The van der Waals surface area contributed by atoms with Gasteiger partial charge in [0.25, 0.3) is 11.6 Å². The quantitative estimate of drug-likeness (QED) is 0.348. The lowest BCUT2D eigenvalue weighted by atomic mass is 10.3. The second kappa shape index (κ2) is 10.8. The lowest BCUT2D eigenvalue weighted by Gasteiger charge is -2.11. The summed E-state index contributed by atoms with van der Waals surface area (Å²) in [6.45, 7) is 1.59. The summed E-state index contributed by atoms with van der Waals surface area (Å²) in [7, 11) is 0. The highest BCUT2D eigenvalue weighted by Gasteiger charge is 2.16. The van der Waals surface area contributed by atoms with E-state index in [0.29, 0.717) is 0 Å². The summed E-state index contributed by atoms with van der Waals surface area (Å²) in [6.07, 6.45) is -1.02. The summed E-state index contributed by atoms with van der Waals surface area (Å²) in [5.41, 5.74) is 1.88. The van der Waals surface area contributed by atoms with Crippen LogP contribution in [0.3, 0.4) is 0 Å². The van der Waals surface area contributed by atoms with E-state index in [1.165, 1.54) is 42.5 Å². The normalized spacial score (nSPS) is 10.6. The van der Waals surface area contributed by atoms with Crippen LogP contribution in [-0.2, 0) is 9.53 Å². The number of amides is 2. The minimum absolute atomic E-state index is 0.0433. The number of nitriles is 1. The Morgan fingerprint density at radius 2 is 1.84 bits per heavy atom. The molecule has 0 aliphatic rings. The highest BCUT2D eigenvalue weighted by molar-refractivity contribution is 6.47. The maximum absolute atomic E-state index is 11.8. The van der Waals surface area contributed by atoms with Crippen LogP contribution in [-0.4, -0.2) is 29.2 Å². The molecule has 0 unspecified atom stereocenters. The van der Waals surface area contributed by atoms with Crippen LogP contribution in [0.4, 0.5) is 16.2 Å². The Balaban J connectivity index is 2.14. The van der Waals surface area contributed by atoms with E-state index in [1.54, 1.807) is 6.92 Å². The number of carbonyl (C=O) groups is 2. The zero-order chi connectivity index (χ0) is 23.0. The third kappa shape index (κ3) is 6.56. The second-order valence-electron chi connectivity index (χ2n) is 5.48. The molecule has 0 bridgehead atoms. The van der Waals surface area contributed by atoms with Crippen molar-refractivity contribution in [1.29, 1.82) is 5.26 Å². The van der Waals surface area contributed by atoms with Crippen molar-refractivity contribution in [2.24, 2.45) is 5.10 Å². The summed E-state index contributed by atoms with van der Waals surface area (Å²) >= 11 is 12.3. The maximum atomic E-state index is 11.8. The lowest BCUT2D eigenvalue weighted by Crippen LogP contribution is -2.36. The van der Waals surface area contributed by atoms with Gasteiger partial charge in [-0.05, 0) is 31.2 Å². The van der Waals surface area contributed by atoms with Crippen molar-refractivity contribution in [3.63, 3.8) is 0 Å². The van der Waals surface area contributed by atoms with E-state index in [1.807, 2.05) is 5.32 Å². The molecule has 0 radical (unpaired) electrons. The van der Waals surface area contributed by atoms with Gasteiger partial charge in [-0.15, -0.1) is 0 Å². The summed E-state index contributed by atoms with van der Waals surface area (Å²) in [5.74, 6) is -0.730. The van der Waals surface area contributed by atoms with Gasteiger partial charge in [-0.1, -0.05) is 23.2 Å². The average Bonchev–Trinajstić information content (AvgIpc) is 2.71. The number of nitrogens with zero attached hydrogens (tertiary/aromatic N) is 3. The van der Waals surface area contributed by atoms with Crippen LogP contribution in [0.1, 0.15) is 6.92 Å². The molecule has 13 heteroatoms. The molecule has 160 valence electrons. The fourth-order valence-corrected chi connectivity index (χ4v) is 2.61. The molecule has 0 fully saturated rings. The van der Waals surface area contributed by atoms with E-state index < -0.39 is 22.6 Å². The summed E-state index contributed by atoms with van der Waals surface area (Å²) < 4.78 is 10.1. The number of imide groups is 1. The first-order valence-electron chi connectivity index (χ1n) is 8.38. The first-order valence-corrected chi connectivity index (χ1v) is 9.14. The molecular weight excluding hydrogens is 453 g/mol. The molecule has 2 amide bonds. The molecule has 0 saturated carbocycles. The number of rotatable bonds is 7. The maximum Gasteiger partial charge on any atom is 0.414 e. The Morgan fingerprint density at radius 1 is 1.23 bits per heavy atom. The van der Waals surface area contributed by atoms with E-state index >= 15 is 0 Å². The van der Waals surface area contributed by atoms with Crippen LogP contribution in [0.5, 0.6) is 11.5 Å². The summed E-state index contributed by atoms with van der Waals surface area (Å²) in [4.78, 5) is 33.2. The monoisotopic (exact) mass is 465 g/mol. The number of non-ortho nitro benzene ring substituents is 1. The van der Waals surface area contributed by atoms with Crippen LogP contribution in [0.2, 0.25) is 10.0 Å². The zero-order valence-corrected chi connectivity index (χ0v) is 17.2. The number of nitrogens with one attached hydrogen (secondary N) is 2.